The smallest absolute Gasteiger partial charge is 0.307 e. The summed E-state index contributed by atoms with van der Waals surface area (Å²) < 4.78 is 25.9. The second kappa shape index (κ2) is 10.0. The van der Waals surface area contributed by atoms with Crippen molar-refractivity contribution >= 4 is 30.1 Å². The third-order valence-electron chi connectivity index (χ3n) is 4.66. The third kappa shape index (κ3) is 4.71. The van der Waals surface area contributed by atoms with Crippen LogP contribution in [0.3, 0.4) is 0 Å². The predicted octanol–water partition coefficient (Wildman–Crippen LogP) is 3.68. The fraction of sp³-hybridized carbons (Fsp3) is 0.300. The van der Waals surface area contributed by atoms with Gasteiger partial charge in [-0.2, -0.15) is 5.10 Å². The average molecular weight is 461 g/mol. The molecular formula is C20H24N5O6P. The minimum absolute atomic E-state index is 0.0366. The number of rotatable bonds is 10. The van der Waals surface area contributed by atoms with Gasteiger partial charge in [0.1, 0.15) is 0 Å². The van der Waals surface area contributed by atoms with Crippen LogP contribution in [0.1, 0.15) is 35.7 Å². The summed E-state index contributed by atoms with van der Waals surface area (Å²) in [7, 11) is -2.26. The molecule has 32 heavy (non-hydrogen) atoms. The van der Waals surface area contributed by atoms with Crippen LogP contribution in [0.25, 0.3) is 10.9 Å². The molecule has 1 aromatic heterocycles. The fourth-order valence-corrected chi connectivity index (χ4v) is 5.21. The van der Waals surface area contributed by atoms with Crippen LogP contribution in [0.2, 0.25) is 0 Å². The normalized spacial score (nSPS) is 12.6. The molecule has 11 nitrogen and oxygen atoms in total. The van der Waals surface area contributed by atoms with Gasteiger partial charge in [0, 0.05) is 18.5 Å². The Morgan fingerprint density at radius 1 is 1.16 bits per heavy atom. The summed E-state index contributed by atoms with van der Waals surface area (Å²) >= 11 is 0. The number of hydrazine groups is 1. The number of nitrogens with zero attached hydrogens (tertiary/aromatic N) is 3. The first kappa shape index (κ1) is 23.6. The molecule has 170 valence electrons. The van der Waals surface area contributed by atoms with Crippen LogP contribution in [-0.4, -0.2) is 33.8 Å². The van der Waals surface area contributed by atoms with E-state index in [0.29, 0.717) is 5.39 Å². The number of carbonyl (C=O) groups is 1. The Kier molecular flexibility index (Phi) is 7.37. The van der Waals surface area contributed by atoms with Gasteiger partial charge in [0.2, 0.25) is 0 Å². The highest BCUT2D eigenvalue weighted by Gasteiger charge is 2.41. The molecule has 1 heterocycles. The van der Waals surface area contributed by atoms with Crippen molar-refractivity contribution in [1.29, 1.82) is 0 Å². The van der Waals surface area contributed by atoms with Gasteiger partial charge in [-0.3, -0.25) is 29.6 Å². The first-order chi connectivity index (χ1) is 15.3. The maximum absolute atomic E-state index is 13.6. The number of para-hydroxylation sites is 2. The molecule has 0 aliphatic rings. The summed E-state index contributed by atoms with van der Waals surface area (Å²) in [5, 5.41) is 16.4. The van der Waals surface area contributed by atoms with E-state index < -0.39 is 24.2 Å². The Labute approximate surface area is 184 Å². The number of nitro benzene ring substituents is 1. The van der Waals surface area contributed by atoms with E-state index in [2.05, 4.69) is 16.0 Å². The van der Waals surface area contributed by atoms with Gasteiger partial charge in [0.05, 0.1) is 29.2 Å². The monoisotopic (exact) mass is 461 g/mol. The van der Waals surface area contributed by atoms with Gasteiger partial charge >= 0.3 is 7.60 Å². The molecule has 1 unspecified atom stereocenters. The quantitative estimate of drug-likeness (QED) is 0.265. The molecule has 0 radical (unpaired) electrons. The molecule has 0 saturated heterocycles. The second-order valence-electron chi connectivity index (χ2n) is 6.68. The Hall–Kier alpha value is -3.11. The van der Waals surface area contributed by atoms with Crippen molar-refractivity contribution in [2.24, 2.45) is 7.05 Å². The zero-order valence-electron chi connectivity index (χ0n) is 17.8. The highest BCUT2D eigenvalue weighted by atomic mass is 31.2. The molecule has 0 aliphatic carbocycles. The van der Waals surface area contributed by atoms with Crippen molar-refractivity contribution in [3.8, 4) is 0 Å². The molecule has 2 N–H and O–H groups in total. The van der Waals surface area contributed by atoms with Crippen molar-refractivity contribution in [2.45, 2.75) is 19.6 Å². The van der Waals surface area contributed by atoms with Gasteiger partial charge in [-0.1, -0.05) is 30.3 Å². The molecule has 0 fully saturated rings. The van der Waals surface area contributed by atoms with Crippen LogP contribution in [0, 0.1) is 10.1 Å². The van der Waals surface area contributed by atoms with Crippen molar-refractivity contribution in [3.63, 3.8) is 0 Å². The summed E-state index contributed by atoms with van der Waals surface area (Å²) in [6.45, 7) is 3.32. The molecular weight excluding hydrogens is 437 g/mol. The number of nitrogens with one attached hydrogen (secondary N) is 2. The Morgan fingerprint density at radius 3 is 2.44 bits per heavy atom. The third-order valence-corrected chi connectivity index (χ3v) is 6.93. The topological polar surface area (TPSA) is 138 Å². The van der Waals surface area contributed by atoms with Gasteiger partial charge in [0.15, 0.2) is 11.5 Å². The number of aryl methyl sites for hydroxylation is 1. The average Bonchev–Trinajstić information content (AvgIpc) is 3.11. The van der Waals surface area contributed by atoms with E-state index in [1.807, 2.05) is 12.1 Å². The number of fused-ring (bicyclic) bond motifs is 1. The van der Waals surface area contributed by atoms with E-state index in [-0.39, 0.29) is 30.2 Å². The molecule has 3 aromatic rings. The van der Waals surface area contributed by atoms with Crippen LogP contribution < -0.4 is 10.9 Å². The van der Waals surface area contributed by atoms with Gasteiger partial charge in [-0.15, -0.1) is 0 Å². The van der Waals surface area contributed by atoms with Crippen LogP contribution in [0.4, 0.5) is 5.69 Å². The van der Waals surface area contributed by atoms with Crippen LogP contribution in [0.5, 0.6) is 0 Å². The first-order valence-corrected chi connectivity index (χ1v) is 11.5. The van der Waals surface area contributed by atoms with Crippen LogP contribution >= 0.6 is 7.60 Å². The summed E-state index contributed by atoms with van der Waals surface area (Å²) in [5.74, 6) is -1.94. The van der Waals surface area contributed by atoms with Gasteiger partial charge in [-0.25, -0.2) is 5.43 Å². The highest BCUT2D eigenvalue weighted by molar-refractivity contribution is 7.54. The van der Waals surface area contributed by atoms with E-state index in [1.54, 1.807) is 43.8 Å². The van der Waals surface area contributed by atoms with E-state index >= 15 is 0 Å². The maximum Gasteiger partial charge on any atom is 0.353 e. The first-order valence-electron chi connectivity index (χ1n) is 9.92. The fourth-order valence-electron chi connectivity index (χ4n) is 3.33. The molecule has 2 aromatic carbocycles. The number of amides is 1. The van der Waals surface area contributed by atoms with Gasteiger partial charge in [0.25, 0.3) is 11.6 Å². The molecule has 1 amide bonds. The maximum atomic E-state index is 13.6. The number of aromatic nitrogens is 2. The van der Waals surface area contributed by atoms with E-state index in [1.165, 1.54) is 18.2 Å². The van der Waals surface area contributed by atoms with Gasteiger partial charge < -0.3 is 9.05 Å². The van der Waals surface area contributed by atoms with E-state index in [0.717, 1.165) is 5.52 Å². The summed E-state index contributed by atoms with van der Waals surface area (Å²) in [5.41, 5.74) is 5.77. The SMILES string of the molecule is CCOP(=O)(OCC)C(NNC(=O)c1nn(C)c2ccccc12)c1ccccc1[N+](=O)[O-]. The lowest BCUT2D eigenvalue weighted by atomic mass is 10.2. The Bertz CT molecular complexity index is 1170. The molecule has 3 rings (SSSR count). The molecule has 1 atom stereocenters. The van der Waals surface area contributed by atoms with Crippen LogP contribution in [-0.2, 0) is 20.7 Å². The minimum atomic E-state index is -3.96. The lowest BCUT2D eigenvalue weighted by Gasteiger charge is -2.27. The van der Waals surface area contributed by atoms with Crippen molar-refractivity contribution in [2.75, 3.05) is 13.2 Å². The number of hydrogen-bond donors (Lipinski definition) is 2. The Morgan fingerprint density at radius 2 is 1.78 bits per heavy atom. The summed E-state index contributed by atoms with van der Waals surface area (Å²) in [6.07, 6.45) is 0. The molecule has 12 heteroatoms. The van der Waals surface area contributed by atoms with Crippen molar-refractivity contribution < 1.29 is 23.3 Å². The number of hydrogen-bond acceptors (Lipinski definition) is 8. The molecule has 0 aliphatic heterocycles. The summed E-state index contributed by atoms with van der Waals surface area (Å²) in [4.78, 5) is 23.9. The predicted molar refractivity (Wildman–Crippen MR) is 118 cm³/mol. The molecule has 0 saturated carbocycles. The number of nitro groups is 1. The number of benzene rings is 2. The second-order valence-corrected chi connectivity index (χ2v) is 8.79. The lowest BCUT2D eigenvalue weighted by Crippen LogP contribution is -2.41. The van der Waals surface area contributed by atoms with Crippen molar-refractivity contribution in [3.05, 3.63) is 69.9 Å². The van der Waals surface area contributed by atoms with Crippen LogP contribution in [0.15, 0.2) is 48.5 Å². The van der Waals surface area contributed by atoms with E-state index in [4.69, 9.17) is 9.05 Å². The van der Waals surface area contributed by atoms with E-state index in [9.17, 15) is 19.5 Å². The number of carbonyl (C=O) groups excluding carboxylic acids is 1. The standard InChI is InChI=1S/C20H24N5O6P/c1-4-30-32(29,31-5-2)20(15-11-7-9-13-17(15)25(27)28)22-21-19(26)18-14-10-6-8-12-16(14)24(3)23-18/h6-13,20,22H,4-5H2,1-3H3,(H,21,26). The highest BCUT2D eigenvalue weighted by Crippen LogP contribution is 2.60. The molecule has 0 bridgehead atoms. The van der Waals surface area contributed by atoms with Gasteiger partial charge in [-0.05, 0) is 26.0 Å². The lowest BCUT2D eigenvalue weighted by molar-refractivity contribution is -0.385. The molecule has 0 spiro atoms. The largest absolute Gasteiger partial charge is 0.353 e. The van der Waals surface area contributed by atoms with Crippen molar-refractivity contribution in [1.82, 2.24) is 20.6 Å². The zero-order chi connectivity index (χ0) is 23.3. The summed E-state index contributed by atoms with van der Waals surface area (Å²) in [6, 6.07) is 12.9. The minimum Gasteiger partial charge on any atom is -0.307 e. The Balaban J connectivity index is 1.98. The zero-order valence-corrected chi connectivity index (χ0v) is 18.7.